The van der Waals surface area contributed by atoms with Crippen molar-refractivity contribution in [3.05, 3.63) is 170 Å². The van der Waals surface area contributed by atoms with Crippen molar-refractivity contribution >= 4 is 17.9 Å². The van der Waals surface area contributed by atoms with Crippen molar-refractivity contribution in [1.82, 2.24) is 0 Å². The summed E-state index contributed by atoms with van der Waals surface area (Å²) >= 11 is 0. The molecule has 0 aromatic heterocycles. The number of carbonyl (C=O) groups is 3. The molecule has 83 heavy (non-hydrogen) atoms. The van der Waals surface area contributed by atoms with Gasteiger partial charge < -0.3 is 14.2 Å². The van der Waals surface area contributed by atoms with Crippen LogP contribution in [0.5, 0.6) is 0 Å². The molecule has 0 aliphatic carbocycles. The van der Waals surface area contributed by atoms with Crippen molar-refractivity contribution in [1.29, 1.82) is 0 Å². The van der Waals surface area contributed by atoms with Gasteiger partial charge in [0.25, 0.3) is 0 Å². The van der Waals surface area contributed by atoms with E-state index < -0.39 is 6.10 Å². The maximum Gasteiger partial charge on any atom is 0.306 e. The fourth-order valence-electron chi connectivity index (χ4n) is 8.76. The van der Waals surface area contributed by atoms with Gasteiger partial charge in [0, 0.05) is 19.3 Å². The number of esters is 3. The molecule has 0 spiro atoms. The third-order valence-electron chi connectivity index (χ3n) is 13.7. The molecule has 6 heteroatoms. The van der Waals surface area contributed by atoms with E-state index in [-0.39, 0.29) is 31.1 Å². The minimum atomic E-state index is -0.802. The first kappa shape index (κ1) is 77.8. The summed E-state index contributed by atoms with van der Waals surface area (Å²) in [5, 5.41) is 0. The van der Waals surface area contributed by atoms with Crippen molar-refractivity contribution in [2.24, 2.45) is 0 Å². The summed E-state index contributed by atoms with van der Waals surface area (Å²) in [6.45, 7) is 6.36. The van der Waals surface area contributed by atoms with Crippen LogP contribution in [0.3, 0.4) is 0 Å². The lowest BCUT2D eigenvalue weighted by Gasteiger charge is -2.18. The number of hydrogen-bond acceptors (Lipinski definition) is 6. The van der Waals surface area contributed by atoms with Gasteiger partial charge in [-0.2, -0.15) is 0 Å². The molecule has 0 N–H and O–H groups in total. The number of ether oxygens (including phenoxy) is 3. The topological polar surface area (TPSA) is 78.9 Å². The van der Waals surface area contributed by atoms with Crippen LogP contribution in [0.1, 0.15) is 278 Å². The van der Waals surface area contributed by atoms with Gasteiger partial charge in [-0.25, -0.2) is 0 Å². The molecule has 0 bridgehead atoms. The molecule has 0 fully saturated rings. The Hall–Kier alpha value is -5.23. The van der Waals surface area contributed by atoms with Crippen molar-refractivity contribution < 1.29 is 28.6 Å². The predicted molar refractivity (Wildman–Crippen MR) is 361 cm³/mol. The molecule has 0 saturated heterocycles. The standard InChI is InChI=1S/C77H122O6/c1-4-7-10-13-16-19-21-23-25-27-29-31-33-34-35-36-37-38-39-40-41-42-44-45-47-49-51-53-55-58-61-64-67-70-76(79)82-73-74(72-81-75(78)69-66-63-60-57-18-15-12-9-6-3)83-77(80)71-68-65-62-59-56-54-52-50-48-46-43-32-30-28-26-24-22-20-17-14-11-8-5-2/h7-8,10-11,16-17,19-20,23-26,29-32,34-35,37-38,40-41,44-46,48,52,54,74H,4-6,9,12-15,18,21-22,27-28,33,36,39,42-43,47,49-51,53,55-73H2,1-3H3/b10-7-,11-8-,19-16-,20-17-,25-23-,26-24-,31-29-,32-30-,35-34-,38-37-,41-40-,45-44-,48-46-,54-52-. The molecule has 0 aromatic rings. The largest absolute Gasteiger partial charge is 0.462 e. The highest BCUT2D eigenvalue weighted by atomic mass is 16.6. The molecular formula is C77H122O6. The van der Waals surface area contributed by atoms with Gasteiger partial charge in [-0.15, -0.1) is 0 Å². The van der Waals surface area contributed by atoms with E-state index in [0.717, 1.165) is 167 Å². The maximum absolute atomic E-state index is 12.9. The lowest BCUT2D eigenvalue weighted by molar-refractivity contribution is -0.167. The Kier molecular flexibility index (Phi) is 64.9. The second-order valence-electron chi connectivity index (χ2n) is 21.6. The number of allylic oxidation sites excluding steroid dienone is 28. The summed E-state index contributed by atoms with van der Waals surface area (Å²) in [4.78, 5) is 38.2. The van der Waals surface area contributed by atoms with Gasteiger partial charge in [-0.3, -0.25) is 14.4 Å². The summed E-state index contributed by atoms with van der Waals surface area (Å²) < 4.78 is 16.9. The molecule has 0 aromatic carbocycles. The average molecular weight is 1140 g/mol. The fourth-order valence-corrected chi connectivity index (χ4v) is 8.76. The first-order chi connectivity index (χ1) is 41.0. The van der Waals surface area contributed by atoms with Crippen LogP contribution >= 0.6 is 0 Å². The van der Waals surface area contributed by atoms with Gasteiger partial charge in [-0.1, -0.05) is 294 Å². The van der Waals surface area contributed by atoms with Gasteiger partial charge >= 0.3 is 17.9 Å². The molecule has 1 atom stereocenters. The molecule has 0 aliphatic rings. The Labute approximate surface area is 511 Å². The zero-order chi connectivity index (χ0) is 59.9. The van der Waals surface area contributed by atoms with E-state index in [1.165, 1.54) is 70.6 Å². The molecule has 0 aliphatic heterocycles. The van der Waals surface area contributed by atoms with E-state index in [1.54, 1.807) is 0 Å². The van der Waals surface area contributed by atoms with Crippen LogP contribution in [0.25, 0.3) is 0 Å². The first-order valence-corrected chi connectivity index (χ1v) is 33.6. The maximum atomic E-state index is 12.9. The van der Waals surface area contributed by atoms with Crippen LogP contribution in [-0.2, 0) is 28.6 Å². The third kappa shape index (κ3) is 67.4. The highest BCUT2D eigenvalue weighted by molar-refractivity contribution is 5.71. The summed E-state index contributed by atoms with van der Waals surface area (Å²) in [5.74, 6) is -0.935. The van der Waals surface area contributed by atoms with E-state index in [0.29, 0.717) is 19.3 Å². The molecule has 6 nitrogen and oxygen atoms in total. The number of carbonyl (C=O) groups excluding carboxylic acids is 3. The second kappa shape index (κ2) is 69.3. The minimum absolute atomic E-state index is 0.0960. The summed E-state index contributed by atoms with van der Waals surface area (Å²) in [5.41, 5.74) is 0. The van der Waals surface area contributed by atoms with Crippen molar-refractivity contribution in [3.63, 3.8) is 0 Å². The molecule has 1 unspecified atom stereocenters. The minimum Gasteiger partial charge on any atom is -0.462 e. The summed E-state index contributed by atoms with van der Waals surface area (Å²) in [6.07, 6.45) is 102. The van der Waals surface area contributed by atoms with Crippen molar-refractivity contribution in [2.45, 2.75) is 284 Å². The lowest BCUT2D eigenvalue weighted by atomic mass is 10.1. The van der Waals surface area contributed by atoms with Gasteiger partial charge in [0.15, 0.2) is 6.10 Å². The highest BCUT2D eigenvalue weighted by Gasteiger charge is 2.19. The Morgan fingerprint density at radius 1 is 0.253 bits per heavy atom. The van der Waals surface area contributed by atoms with Crippen LogP contribution in [0.4, 0.5) is 0 Å². The third-order valence-corrected chi connectivity index (χ3v) is 13.7. The number of unbranched alkanes of at least 4 members (excludes halogenated alkanes) is 20. The van der Waals surface area contributed by atoms with Crippen LogP contribution in [-0.4, -0.2) is 37.2 Å². The molecule has 0 heterocycles. The Balaban J connectivity index is 4.29. The highest BCUT2D eigenvalue weighted by Crippen LogP contribution is 2.15. The Bertz CT molecular complexity index is 1890. The van der Waals surface area contributed by atoms with Crippen LogP contribution in [0, 0.1) is 0 Å². The van der Waals surface area contributed by atoms with Crippen LogP contribution in [0.15, 0.2) is 170 Å². The fraction of sp³-hybridized carbons (Fsp3) is 0.597. The molecule has 466 valence electrons. The van der Waals surface area contributed by atoms with Gasteiger partial charge in [0.05, 0.1) is 0 Å². The van der Waals surface area contributed by atoms with Crippen molar-refractivity contribution in [3.8, 4) is 0 Å². The SMILES string of the molecule is CC/C=C\C/C=C\C/C=C\C/C=C\C/C=C\C/C=C\C/C=C\C/C=C\CCCCCCCCCCC(=O)OCC(COC(=O)CCCCCCCCCCC)OC(=O)CCCCCC/C=C\C/C=C\C/C=C\C/C=C\C/C=C\C/C=C\CC. The number of rotatable bonds is 59. The zero-order valence-corrected chi connectivity index (χ0v) is 53.4. The molecule has 0 amide bonds. The summed E-state index contributed by atoms with van der Waals surface area (Å²) in [6, 6.07) is 0. The Morgan fingerprint density at radius 3 is 0.735 bits per heavy atom. The van der Waals surface area contributed by atoms with E-state index >= 15 is 0 Å². The van der Waals surface area contributed by atoms with Gasteiger partial charge in [0.2, 0.25) is 0 Å². The van der Waals surface area contributed by atoms with E-state index in [2.05, 4.69) is 191 Å². The molecule has 0 saturated carbocycles. The van der Waals surface area contributed by atoms with E-state index in [4.69, 9.17) is 14.2 Å². The quantitative estimate of drug-likeness (QED) is 0.0261. The smallest absolute Gasteiger partial charge is 0.306 e. The van der Waals surface area contributed by atoms with Gasteiger partial charge in [0.1, 0.15) is 13.2 Å². The zero-order valence-electron chi connectivity index (χ0n) is 53.4. The van der Waals surface area contributed by atoms with Crippen LogP contribution < -0.4 is 0 Å². The van der Waals surface area contributed by atoms with Crippen LogP contribution in [0.2, 0.25) is 0 Å². The molecule has 0 rings (SSSR count). The monoisotopic (exact) mass is 1140 g/mol. The average Bonchev–Trinajstić information content (AvgIpc) is 3.49. The van der Waals surface area contributed by atoms with Crippen molar-refractivity contribution in [2.75, 3.05) is 13.2 Å². The normalized spacial score (nSPS) is 13.2. The second-order valence-corrected chi connectivity index (χ2v) is 21.6. The molecular weight excluding hydrogens is 1020 g/mol. The Morgan fingerprint density at radius 2 is 0.470 bits per heavy atom. The summed E-state index contributed by atoms with van der Waals surface area (Å²) in [7, 11) is 0. The first-order valence-electron chi connectivity index (χ1n) is 33.6. The van der Waals surface area contributed by atoms with E-state index in [1.807, 2.05) is 0 Å². The van der Waals surface area contributed by atoms with Gasteiger partial charge in [-0.05, 0) is 135 Å². The molecule has 0 radical (unpaired) electrons. The lowest BCUT2D eigenvalue weighted by Crippen LogP contribution is -2.30. The number of hydrogen-bond donors (Lipinski definition) is 0. The predicted octanol–water partition coefficient (Wildman–Crippen LogP) is 23.4. The van der Waals surface area contributed by atoms with E-state index in [9.17, 15) is 14.4 Å².